The molecule has 2 aliphatic rings. The highest BCUT2D eigenvalue weighted by Crippen LogP contribution is 2.31. The maximum atomic E-state index is 13.1. The molecule has 1 heterocycles. The minimum atomic E-state index is -0.203. The Kier molecular flexibility index (Phi) is 5.14. The van der Waals surface area contributed by atoms with Gasteiger partial charge < -0.3 is 10.2 Å². The van der Waals surface area contributed by atoms with Crippen molar-refractivity contribution >= 4 is 6.03 Å². The summed E-state index contributed by atoms with van der Waals surface area (Å²) in [6.07, 6.45) is 10.1. The van der Waals surface area contributed by atoms with Crippen molar-refractivity contribution in [1.82, 2.24) is 20.0 Å². The SMILES string of the molecule is Cn1cc(CN(C(=O)NC2CCCC2Cc2ccc(F)cc2)C2CC2)cn1. The van der Waals surface area contributed by atoms with Gasteiger partial charge >= 0.3 is 6.03 Å². The number of aryl methyl sites for hydroxylation is 1. The molecule has 1 aromatic heterocycles. The van der Waals surface area contributed by atoms with E-state index >= 15 is 0 Å². The first-order valence-electron chi connectivity index (χ1n) is 9.87. The highest BCUT2D eigenvalue weighted by molar-refractivity contribution is 5.75. The normalized spacial score (nSPS) is 22.0. The number of hydrogen-bond donors (Lipinski definition) is 1. The van der Waals surface area contributed by atoms with E-state index in [0.717, 1.165) is 49.7 Å². The van der Waals surface area contributed by atoms with Crippen molar-refractivity contribution in [3.63, 3.8) is 0 Å². The van der Waals surface area contributed by atoms with Gasteiger partial charge in [-0.25, -0.2) is 9.18 Å². The number of urea groups is 1. The second kappa shape index (κ2) is 7.71. The Bertz CT molecular complexity index is 784. The van der Waals surface area contributed by atoms with E-state index in [4.69, 9.17) is 0 Å². The van der Waals surface area contributed by atoms with Gasteiger partial charge in [0.25, 0.3) is 0 Å². The van der Waals surface area contributed by atoms with Gasteiger partial charge in [0.2, 0.25) is 0 Å². The number of carbonyl (C=O) groups is 1. The zero-order valence-corrected chi connectivity index (χ0v) is 15.8. The van der Waals surface area contributed by atoms with E-state index in [1.165, 1.54) is 12.1 Å². The molecule has 2 unspecified atom stereocenters. The molecule has 2 aliphatic carbocycles. The Morgan fingerprint density at radius 3 is 2.67 bits per heavy atom. The van der Waals surface area contributed by atoms with Crippen LogP contribution in [0.2, 0.25) is 0 Å². The van der Waals surface area contributed by atoms with Crippen LogP contribution in [0.4, 0.5) is 9.18 Å². The summed E-state index contributed by atoms with van der Waals surface area (Å²) in [6.45, 7) is 0.611. The second-order valence-electron chi connectivity index (χ2n) is 7.96. The summed E-state index contributed by atoms with van der Waals surface area (Å²) in [5.74, 6) is 0.212. The van der Waals surface area contributed by atoms with Crippen LogP contribution >= 0.6 is 0 Å². The fourth-order valence-electron chi connectivity index (χ4n) is 4.14. The molecule has 4 rings (SSSR count). The number of nitrogens with zero attached hydrogens (tertiary/aromatic N) is 3. The molecule has 0 spiro atoms. The van der Waals surface area contributed by atoms with Gasteiger partial charge in [0.15, 0.2) is 0 Å². The lowest BCUT2D eigenvalue weighted by Gasteiger charge is -2.27. The average Bonchev–Trinajstić information content (AvgIpc) is 3.27. The van der Waals surface area contributed by atoms with E-state index in [1.807, 2.05) is 36.5 Å². The molecule has 6 heteroatoms. The third-order valence-electron chi connectivity index (χ3n) is 5.74. The standard InChI is InChI=1S/C21H27FN4O/c1-25-13-16(12-23-25)14-26(19-9-10-19)21(27)24-20-4-2-3-17(20)11-15-5-7-18(22)8-6-15/h5-8,12-13,17,19-20H,2-4,9-11,14H2,1H3,(H,24,27). The zero-order chi connectivity index (χ0) is 18.8. The molecular formula is C21H27FN4O. The first-order valence-corrected chi connectivity index (χ1v) is 9.87. The number of nitrogens with one attached hydrogen (secondary N) is 1. The molecule has 2 aromatic rings. The fraction of sp³-hybridized carbons (Fsp3) is 0.524. The van der Waals surface area contributed by atoms with E-state index in [-0.39, 0.29) is 17.9 Å². The molecule has 2 saturated carbocycles. The topological polar surface area (TPSA) is 50.2 Å². The van der Waals surface area contributed by atoms with E-state index < -0.39 is 0 Å². The predicted molar refractivity (Wildman–Crippen MR) is 102 cm³/mol. The first-order chi connectivity index (χ1) is 13.1. The van der Waals surface area contributed by atoms with Crippen LogP contribution in [0.1, 0.15) is 43.2 Å². The molecule has 0 aliphatic heterocycles. The highest BCUT2D eigenvalue weighted by Gasteiger charge is 2.35. The van der Waals surface area contributed by atoms with Crippen LogP contribution in [0, 0.1) is 11.7 Å². The number of aromatic nitrogens is 2. The van der Waals surface area contributed by atoms with Crippen LogP contribution in [0.3, 0.4) is 0 Å². The minimum absolute atomic E-state index is 0.0392. The van der Waals surface area contributed by atoms with Crippen molar-refractivity contribution in [1.29, 1.82) is 0 Å². The molecule has 2 fully saturated rings. The minimum Gasteiger partial charge on any atom is -0.335 e. The van der Waals surface area contributed by atoms with Crippen molar-refractivity contribution in [2.75, 3.05) is 0 Å². The molecular weight excluding hydrogens is 343 g/mol. The quantitative estimate of drug-likeness (QED) is 0.844. The Balaban J connectivity index is 1.38. The van der Waals surface area contributed by atoms with E-state index in [0.29, 0.717) is 18.5 Å². The van der Waals surface area contributed by atoms with E-state index in [9.17, 15) is 9.18 Å². The van der Waals surface area contributed by atoms with E-state index in [1.54, 1.807) is 4.68 Å². The van der Waals surface area contributed by atoms with Crippen molar-refractivity contribution in [2.24, 2.45) is 13.0 Å². The van der Waals surface area contributed by atoms with Crippen LogP contribution in [0.15, 0.2) is 36.7 Å². The molecule has 0 radical (unpaired) electrons. The maximum Gasteiger partial charge on any atom is 0.318 e. The molecule has 144 valence electrons. The van der Waals surface area contributed by atoms with Crippen molar-refractivity contribution < 1.29 is 9.18 Å². The van der Waals surface area contributed by atoms with Gasteiger partial charge in [-0.3, -0.25) is 4.68 Å². The average molecular weight is 370 g/mol. The summed E-state index contributed by atoms with van der Waals surface area (Å²) in [5.41, 5.74) is 2.20. The summed E-state index contributed by atoms with van der Waals surface area (Å²) >= 11 is 0. The van der Waals surface area contributed by atoms with E-state index in [2.05, 4.69) is 10.4 Å². The predicted octanol–water partition coefficient (Wildman–Crippen LogP) is 3.64. The molecule has 2 amide bonds. The molecule has 27 heavy (non-hydrogen) atoms. The van der Waals surface area contributed by atoms with Crippen molar-refractivity contribution in [3.05, 3.63) is 53.6 Å². The number of carbonyl (C=O) groups excluding carboxylic acids is 1. The van der Waals surface area contributed by atoms with Crippen LogP contribution < -0.4 is 5.32 Å². The van der Waals surface area contributed by atoms with Gasteiger partial charge in [0.1, 0.15) is 5.82 Å². The molecule has 1 aromatic carbocycles. The Hall–Kier alpha value is -2.37. The van der Waals surface area contributed by atoms with Crippen LogP contribution in [0.25, 0.3) is 0 Å². The lowest BCUT2D eigenvalue weighted by molar-refractivity contribution is 0.184. The maximum absolute atomic E-state index is 13.1. The third-order valence-corrected chi connectivity index (χ3v) is 5.74. The van der Waals surface area contributed by atoms with Gasteiger partial charge in [-0.2, -0.15) is 5.10 Å². The molecule has 1 N–H and O–H groups in total. The Labute approximate surface area is 159 Å². The number of halogens is 1. The number of hydrogen-bond acceptors (Lipinski definition) is 2. The largest absolute Gasteiger partial charge is 0.335 e. The first kappa shape index (κ1) is 18.0. The lowest BCUT2D eigenvalue weighted by atomic mass is 9.94. The zero-order valence-electron chi connectivity index (χ0n) is 15.8. The van der Waals surface area contributed by atoms with Gasteiger partial charge in [0.05, 0.1) is 12.7 Å². The smallest absolute Gasteiger partial charge is 0.318 e. The second-order valence-corrected chi connectivity index (χ2v) is 7.96. The Morgan fingerprint density at radius 1 is 1.22 bits per heavy atom. The molecule has 0 saturated heterocycles. The molecule has 2 atom stereocenters. The summed E-state index contributed by atoms with van der Waals surface area (Å²) in [5, 5.41) is 7.50. The number of rotatable bonds is 6. The number of amides is 2. The summed E-state index contributed by atoms with van der Waals surface area (Å²) in [6, 6.07) is 7.31. The van der Waals surface area contributed by atoms with Gasteiger partial charge in [0, 0.05) is 30.9 Å². The molecule has 5 nitrogen and oxygen atoms in total. The van der Waals surface area contributed by atoms with Crippen molar-refractivity contribution in [3.8, 4) is 0 Å². The number of benzene rings is 1. The monoisotopic (exact) mass is 370 g/mol. The lowest BCUT2D eigenvalue weighted by Crippen LogP contribution is -2.47. The van der Waals surface area contributed by atoms with Gasteiger partial charge in [-0.05, 0) is 55.7 Å². The van der Waals surface area contributed by atoms with Crippen LogP contribution in [-0.4, -0.2) is 32.8 Å². The summed E-state index contributed by atoms with van der Waals surface area (Å²) < 4.78 is 14.9. The highest BCUT2D eigenvalue weighted by atomic mass is 19.1. The van der Waals surface area contributed by atoms with Crippen molar-refractivity contribution in [2.45, 2.75) is 57.2 Å². The van der Waals surface area contributed by atoms with Crippen LogP contribution in [0.5, 0.6) is 0 Å². The Morgan fingerprint density at radius 2 is 2.00 bits per heavy atom. The van der Waals surface area contributed by atoms with Gasteiger partial charge in [-0.15, -0.1) is 0 Å². The molecule has 0 bridgehead atoms. The van der Waals surface area contributed by atoms with Gasteiger partial charge in [-0.1, -0.05) is 18.6 Å². The summed E-state index contributed by atoms with van der Waals surface area (Å²) in [4.78, 5) is 14.9. The summed E-state index contributed by atoms with van der Waals surface area (Å²) in [7, 11) is 1.89. The third kappa shape index (κ3) is 4.49. The van der Waals surface area contributed by atoms with Crippen LogP contribution in [-0.2, 0) is 20.0 Å². The fourth-order valence-corrected chi connectivity index (χ4v) is 4.14.